The van der Waals surface area contributed by atoms with Gasteiger partial charge < -0.3 is 4.74 Å². The Morgan fingerprint density at radius 2 is 0.739 bits per heavy atom. The number of hydrogen-bond acceptors (Lipinski definition) is 4. The molecule has 6 nitrogen and oxygen atoms in total. The van der Waals surface area contributed by atoms with Crippen LogP contribution in [0.5, 0.6) is 0 Å². The van der Waals surface area contributed by atoms with Crippen LogP contribution in [0, 0.1) is 126 Å². The van der Waals surface area contributed by atoms with E-state index in [4.69, 9.17) is 4.74 Å². The minimum absolute atomic E-state index is 0.277. The van der Waals surface area contributed by atoms with Crippen molar-refractivity contribution in [1.29, 1.82) is 0 Å². The van der Waals surface area contributed by atoms with Gasteiger partial charge in [-0.05, 0) is 12.1 Å². The maximum atomic E-state index is 15.4. The van der Waals surface area contributed by atoms with E-state index in [1.54, 1.807) is 12.1 Å². The molecule has 0 amide bonds. The highest BCUT2D eigenvalue weighted by molar-refractivity contribution is 7.20. The topological polar surface area (TPSA) is 73.3 Å². The van der Waals surface area contributed by atoms with Gasteiger partial charge in [0, 0.05) is 23.1 Å². The highest BCUT2D eigenvalue weighted by Gasteiger charge is 2.52. The molecule has 0 spiro atoms. The van der Waals surface area contributed by atoms with E-state index in [9.17, 15) is 67.6 Å². The average molecular weight is 1000 g/mol. The molecule has 1 heterocycles. The molecule has 0 saturated carbocycles. The fraction of sp³-hybridized carbons (Fsp3) is 0.0476. The van der Waals surface area contributed by atoms with Crippen molar-refractivity contribution in [3.8, 4) is 0 Å². The third-order valence-electron chi connectivity index (χ3n) is 10.3. The number of para-hydroxylation sites is 1. The predicted molar refractivity (Wildman–Crippen MR) is 196 cm³/mol. The second kappa shape index (κ2) is 19.1. The number of carbonyl (C=O) groups is 1. The van der Waals surface area contributed by atoms with Crippen LogP contribution in [-0.4, -0.2) is 23.8 Å². The highest BCUT2D eigenvalue weighted by Crippen LogP contribution is 2.31. The van der Waals surface area contributed by atoms with Gasteiger partial charge in [-0.2, -0.15) is 4.57 Å². The van der Waals surface area contributed by atoms with Gasteiger partial charge in [-0.3, -0.25) is 10.1 Å². The highest BCUT2D eigenvalue weighted by atomic mass is 19.2. The van der Waals surface area contributed by atoms with E-state index in [-0.39, 0.29) is 5.69 Å². The van der Waals surface area contributed by atoms with E-state index in [1.807, 2.05) is 59.2 Å². The van der Waals surface area contributed by atoms with Crippen molar-refractivity contribution >= 4 is 44.9 Å². The third-order valence-corrected chi connectivity index (χ3v) is 10.3. The minimum Gasteiger partial charge on any atom is -0.392 e. The van der Waals surface area contributed by atoms with Gasteiger partial charge in [-0.1, -0.05) is 42.5 Å². The van der Waals surface area contributed by atoms with Crippen LogP contribution < -0.4 is 26.4 Å². The van der Waals surface area contributed by atoms with Crippen molar-refractivity contribution < 1.29 is 107 Å². The van der Waals surface area contributed by atoms with Gasteiger partial charge in [0.15, 0.2) is 76.4 Å². The summed E-state index contributed by atoms with van der Waals surface area (Å²) in [6.07, 6.45) is -7.22. The molecule has 69 heavy (non-hydrogen) atoms. The lowest BCUT2D eigenvalue weighted by Crippen LogP contribution is -2.81. The molecular weight excluding hydrogens is 987 g/mol. The summed E-state index contributed by atoms with van der Waals surface area (Å²) in [5.74, 6) is -72.1. The number of nitrogens with zero attached hydrogens (tertiary/aromatic N) is 2. The van der Waals surface area contributed by atoms with Crippen LogP contribution in [0.2, 0.25) is 0 Å². The Hall–Kier alpha value is -7.74. The summed E-state index contributed by atoms with van der Waals surface area (Å²) in [6.45, 7) is -0.387. The second-order valence-corrected chi connectivity index (χ2v) is 14.0. The first-order valence-electron chi connectivity index (χ1n) is 18.3. The van der Waals surface area contributed by atoms with Crippen LogP contribution in [0.15, 0.2) is 66.7 Å². The molecule has 0 aliphatic rings. The van der Waals surface area contributed by atoms with Gasteiger partial charge in [0.1, 0.15) is 52.7 Å². The summed E-state index contributed by atoms with van der Waals surface area (Å²) < 4.78 is 301. The summed E-state index contributed by atoms with van der Waals surface area (Å²) in [4.78, 5) is 22.0. The van der Waals surface area contributed by atoms with E-state index in [0.717, 1.165) is 16.5 Å². The summed E-state index contributed by atoms with van der Waals surface area (Å²) in [5.41, 5.74) is -12.2. The molecule has 0 fully saturated rings. The van der Waals surface area contributed by atoms with Crippen LogP contribution >= 0.6 is 0 Å². The number of aromatic nitrogens is 1. The SMILES string of the molecule is Fc1c(F)c(F)c([B-](c2c(F)c(F)c(F)c(F)c2F)(c2c(F)c(F)c(F)c(F)c2F)c2c(F)c(F)c(F)c(F)c2F)c(F)c1F.O=C(OC[N+](=O)[O-])c1ccc2ccccc2[n+]1Cc1ccccc1. The summed E-state index contributed by atoms with van der Waals surface area (Å²) in [5, 5.41) is 11.4. The number of fused-ring (bicyclic) bond motifs is 1. The molecule has 0 aliphatic heterocycles. The molecule has 0 bridgehead atoms. The number of esters is 1. The number of benzene rings is 6. The molecule has 0 N–H and O–H groups in total. The molecule has 7 aromatic rings. The minimum atomic E-state index is -7.22. The Labute approximate surface area is 369 Å². The molecule has 0 radical (unpaired) electrons. The fourth-order valence-corrected chi connectivity index (χ4v) is 7.44. The summed E-state index contributed by atoms with van der Waals surface area (Å²) >= 11 is 0. The number of ether oxygens (including phenoxy) is 1. The smallest absolute Gasteiger partial charge is 0.392 e. The molecule has 0 saturated heterocycles. The first kappa shape index (κ1) is 50.7. The Morgan fingerprint density at radius 3 is 1.07 bits per heavy atom. The number of nitro groups is 1. The van der Waals surface area contributed by atoms with Crippen molar-refractivity contribution in [2.75, 3.05) is 6.73 Å². The maximum Gasteiger partial charge on any atom is 0.408 e. The van der Waals surface area contributed by atoms with Crippen molar-refractivity contribution in [1.82, 2.24) is 0 Å². The van der Waals surface area contributed by atoms with E-state index < -0.39 is 162 Å². The predicted octanol–water partition coefficient (Wildman–Crippen LogP) is 8.41. The van der Waals surface area contributed by atoms with Gasteiger partial charge >= 0.3 is 12.7 Å². The average Bonchev–Trinajstić information content (AvgIpc) is 3.33. The van der Waals surface area contributed by atoms with E-state index >= 15 is 35.1 Å². The second-order valence-electron chi connectivity index (χ2n) is 14.0. The third kappa shape index (κ3) is 8.27. The van der Waals surface area contributed by atoms with Crippen molar-refractivity contribution in [3.05, 3.63) is 204 Å². The lowest BCUT2D eigenvalue weighted by Gasteiger charge is -2.44. The van der Waals surface area contributed by atoms with E-state index in [1.165, 1.54) is 0 Å². The molecule has 360 valence electrons. The van der Waals surface area contributed by atoms with Crippen molar-refractivity contribution in [2.24, 2.45) is 0 Å². The van der Waals surface area contributed by atoms with Gasteiger partial charge in [0.05, 0.1) is 4.92 Å². The summed E-state index contributed by atoms with van der Waals surface area (Å²) in [7, 11) is 0. The van der Waals surface area contributed by atoms with Gasteiger partial charge in [-0.15, -0.1) is 21.9 Å². The molecule has 0 unspecified atom stereocenters. The Balaban J connectivity index is 0.000000273. The maximum absolute atomic E-state index is 15.4. The molecule has 7 rings (SSSR count). The van der Waals surface area contributed by atoms with E-state index in [0.29, 0.717) is 6.54 Å². The first-order chi connectivity index (χ1) is 32.3. The number of carbonyl (C=O) groups excluding carboxylic acids is 1. The number of rotatable bonds is 9. The fourth-order valence-electron chi connectivity index (χ4n) is 7.44. The largest absolute Gasteiger partial charge is 0.408 e. The molecular formula is C42H15BF20N2O4. The van der Waals surface area contributed by atoms with Crippen molar-refractivity contribution in [3.63, 3.8) is 0 Å². The van der Waals surface area contributed by atoms with Gasteiger partial charge in [0.2, 0.25) is 5.52 Å². The number of pyridine rings is 1. The lowest BCUT2D eigenvalue weighted by atomic mass is 9.12. The Morgan fingerprint density at radius 1 is 0.435 bits per heavy atom. The van der Waals surface area contributed by atoms with Crippen LogP contribution in [0.25, 0.3) is 10.9 Å². The zero-order valence-corrected chi connectivity index (χ0v) is 32.9. The number of hydrogen-bond donors (Lipinski definition) is 0. The van der Waals surface area contributed by atoms with Crippen molar-refractivity contribution in [2.45, 2.75) is 6.54 Å². The lowest BCUT2D eigenvalue weighted by molar-refractivity contribution is -0.665. The van der Waals surface area contributed by atoms with Crippen LogP contribution in [0.1, 0.15) is 16.1 Å². The van der Waals surface area contributed by atoms with E-state index in [2.05, 4.69) is 0 Å². The monoisotopic (exact) mass is 1000 g/mol. The Kier molecular flexibility index (Phi) is 14.0. The molecule has 6 aromatic carbocycles. The molecule has 27 heteroatoms. The molecule has 0 aliphatic carbocycles. The summed E-state index contributed by atoms with van der Waals surface area (Å²) in [6, 6.07) is 20.8. The molecule has 1 aromatic heterocycles. The zero-order chi connectivity index (χ0) is 51.3. The number of halogens is 20. The zero-order valence-electron chi connectivity index (χ0n) is 32.9. The van der Waals surface area contributed by atoms with Crippen LogP contribution in [0.4, 0.5) is 87.8 Å². The Bertz CT molecular complexity index is 2890. The quantitative estimate of drug-likeness (QED) is 0.0168. The normalized spacial score (nSPS) is 11.5. The van der Waals surface area contributed by atoms with Gasteiger partial charge in [-0.25, -0.2) is 92.6 Å². The van der Waals surface area contributed by atoms with Crippen LogP contribution in [0.3, 0.4) is 0 Å². The molecule has 0 atom stereocenters. The standard InChI is InChI=1S/C24BF20.C18H15N2O4/c26-5-1(6(27)14(35)21(42)13(5)34)25(2-7(28)15(36)22(43)16(37)8(2)29,3-9(30)17(38)23(44)18(39)10(3)31)4-11(32)19(40)24(45)20(41)12(4)33;21-18(24-13-20(22)23)17-11-10-15-8-4-5-9-16(15)19(17)12-14-6-2-1-3-7-14/h;1-11H,12-13H2/q-1;+1. The van der Waals surface area contributed by atoms with Crippen LogP contribution in [-0.2, 0) is 11.3 Å². The van der Waals surface area contributed by atoms with Gasteiger partial charge in [0.25, 0.3) is 5.69 Å². The first-order valence-corrected chi connectivity index (χ1v) is 18.3.